The van der Waals surface area contributed by atoms with Crippen LogP contribution in [0.2, 0.25) is 0 Å². The van der Waals surface area contributed by atoms with Gasteiger partial charge in [0.2, 0.25) is 0 Å². The summed E-state index contributed by atoms with van der Waals surface area (Å²) in [5.41, 5.74) is 2.89. The number of nitrogens with zero attached hydrogens (tertiary/aromatic N) is 1. The second-order valence-corrected chi connectivity index (χ2v) is 12.6. The third-order valence-corrected chi connectivity index (χ3v) is 7.75. The molecule has 0 aliphatic carbocycles. The fourth-order valence-corrected chi connectivity index (χ4v) is 5.27. The highest BCUT2D eigenvalue weighted by atomic mass is 16.5. The lowest BCUT2D eigenvalue weighted by Gasteiger charge is -2.24. The van der Waals surface area contributed by atoms with Crippen molar-refractivity contribution in [3.8, 4) is 0 Å². The number of hydrogen-bond donors (Lipinski definition) is 2. The highest BCUT2D eigenvalue weighted by molar-refractivity contribution is 6.12. The van der Waals surface area contributed by atoms with Crippen LogP contribution < -0.4 is 10.6 Å². The van der Waals surface area contributed by atoms with E-state index in [4.69, 9.17) is 9.47 Å². The topological polar surface area (TPSA) is 81.6 Å². The van der Waals surface area contributed by atoms with Crippen molar-refractivity contribution in [2.24, 2.45) is 10.8 Å². The SMILES string of the molecule is CCNCCCC(C)(C)COC(=O)c1ccc2c(c1)c1cc(C(=O)OCC(C)(C)CCCNCC)ccc1n2CC. The molecule has 0 saturated heterocycles. The molecule has 0 aliphatic heterocycles. The molecule has 0 unspecified atom stereocenters. The molecular weight excluding hydrogens is 514 g/mol. The van der Waals surface area contributed by atoms with Crippen molar-refractivity contribution in [3.63, 3.8) is 0 Å². The zero-order valence-electron chi connectivity index (χ0n) is 26.3. The van der Waals surface area contributed by atoms with Gasteiger partial charge in [-0.2, -0.15) is 0 Å². The van der Waals surface area contributed by atoms with Gasteiger partial charge in [0, 0.05) is 28.4 Å². The van der Waals surface area contributed by atoms with Crippen molar-refractivity contribution in [3.05, 3.63) is 47.5 Å². The standard InChI is InChI=1S/C34H51N3O4/c1-8-35-19-11-17-33(4,5)23-40-31(38)25-13-15-29-27(21-25)28-22-26(14-16-30(28)37(29)10-3)32(39)41-24-34(6,7)18-12-20-36-9-2/h13-16,21-22,35-36H,8-12,17-20,23-24H2,1-7H3. The Morgan fingerprint density at radius 1 is 0.707 bits per heavy atom. The Labute approximate surface area is 246 Å². The van der Waals surface area contributed by atoms with E-state index < -0.39 is 0 Å². The molecule has 0 saturated carbocycles. The van der Waals surface area contributed by atoms with Crippen LogP contribution >= 0.6 is 0 Å². The number of esters is 2. The third kappa shape index (κ3) is 9.04. The van der Waals surface area contributed by atoms with Crippen LogP contribution in [0, 0.1) is 10.8 Å². The van der Waals surface area contributed by atoms with Crippen molar-refractivity contribution in [1.82, 2.24) is 15.2 Å². The molecule has 226 valence electrons. The number of rotatable bonds is 17. The minimum Gasteiger partial charge on any atom is -0.462 e. The monoisotopic (exact) mass is 565 g/mol. The summed E-state index contributed by atoms with van der Waals surface area (Å²) in [5.74, 6) is -0.646. The van der Waals surface area contributed by atoms with E-state index in [-0.39, 0.29) is 22.8 Å². The van der Waals surface area contributed by atoms with Crippen molar-refractivity contribution in [2.75, 3.05) is 39.4 Å². The summed E-state index contributed by atoms with van der Waals surface area (Å²) in [6.45, 7) is 20.2. The van der Waals surface area contributed by atoms with E-state index in [1.165, 1.54) is 0 Å². The highest BCUT2D eigenvalue weighted by Crippen LogP contribution is 2.32. The van der Waals surface area contributed by atoms with Gasteiger partial charge in [-0.05, 0) is 106 Å². The molecule has 0 atom stereocenters. The quantitative estimate of drug-likeness (QED) is 0.136. The Hall–Kier alpha value is -2.90. The molecule has 7 heteroatoms. The van der Waals surface area contributed by atoms with E-state index in [9.17, 15) is 9.59 Å². The number of carbonyl (C=O) groups excluding carboxylic acids is 2. The summed E-state index contributed by atoms with van der Waals surface area (Å²) >= 11 is 0. The Kier molecular flexibility index (Phi) is 11.8. The van der Waals surface area contributed by atoms with E-state index in [2.05, 4.69) is 63.7 Å². The molecule has 0 bridgehead atoms. The van der Waals surface area contributed by atoms with Gasteiger partial charge in [-0.3, -0.25) is 0 Å². The maximum atomic E-state index is 13.1. The second kappa shape index (κ2) is 14.8. The van der Waals surface area contributed by atoms with Crippen molar-refractivity contribution in [2.45, 2.75) is 80.7 Å². The van der Waals surface area contributed by atoms with Gasteiger partial charge >= 0.3 is 11.9 Å². The molecule has 3 aromatic rings. The van der Waals surface area contributed by atoms with Crippen molar-refractivity contribution < 1.29 is 19.1 Å². The number of carbonyl (C=O) groups is 2. The molecule has 2 aromatic carbocycles. The molecule has 7 nitrogen and oxygen atoms in total. The minimum absolute atomic E-state index is 0.0936. The van der Waals surface area contributed by atoms with Crippen LogP contribution in [0.15, 0.2) is 36.4 Å². The molecule has 0 radical (unpaired) electrons. The molecule has 0 spiro atoms. The van der Waals surface area contributed by atoms with Gasteiger partial charge in [0.15, 0.2) is 0 Å². The molecule has 0 amide bonds. The summed E-state index contributed by atoms with van der Waals surface area (Å²) in [7, 11) is 0. The highest BCUT2D eigenvalue weighted by Gasteiger charge is 2.23. The Balaban J connectivity index is 1.76. The van der Waals surface area contributed by atoms with Gasteiger partial charge in [-0.25, -0.2) is 9.59 Å². The van der Waals surface area contributed by atoms with Crippen molar-refractivity contribution >= 4 is 33.7 Å². The first-order valence-corrected chi connectivity index (χ1v) is 15.3. The second-order valence-electron chi connectivity index (χ2n) is 12.6. The maximum absolute atomic E-state index is 13.1. The zero-order valence-corrected chi connectivity index (χ0v) is 26.3. The summed E-state index contributed by atoms with van der Waals surface area (Å²) in [4.78, 5) is 26.1. The number of aryl methyl sites for hydroxylation is 1. The molecule has 3 rings (SSSR count). The Morgan fingerprint density at radius 2 is 1.12 bits per heavy atom. The summed E-state index contributed by atoms with van der Waals surface area (Å²) in [6, 6.07) is 11.4. The molecular formula is C34H51N3O4. The smallest absolute Gasteiger partial charge is 0.338 e. The van der Waals surface area contributed by atoms with Crippen LogP contribution in [-0.4, -0.2) is 55.9 Å². The number of aromatic nitrogens is 1. The predicted octanol–water partition coefficient (Wildman–Crippen LogP) is 6.96. The van der Waals surface area contributed by atoms with Crippen LogP contribution in [0.5, 0.6) is 0 Å². The molecule has 2 N–H and O–H groups in total. The van der Waals surface area contributed by atoms with Crippen LogP contribution in [0.1, 0.15) is 94.9 Å². The molecule has 1 aromatic heterocycles. The van der Waals surface area contributed by atoms with Crippen LogP contribution in [0.3, 0.4) is 0 Å². The average Bonchev–Trinajstić information content (AvgIpc) is 3.27. The van der Waals surface area contributed by atoms with Crippen molar-refractivity contribution in [1.29, 1.82) is 0 Å². The lowest BCUT2D eigenvalue weighted by molar-refractivity contribution is 0.0318. The normalized spacial score (nSPS) is 12.3. The fraction of sp³-hybridized carbons (Fsp3) is 0.588. The van der Waals surface area contributed by atoms with Gasteiger partial charge in [0.1, 0.15) is 0 Å². The third-order valence-electron chi connectivity index (χ3n) is 7.75. The first-order valence-electron chi connectivity index (χ1n) is 15.3. The molecule has 1 heterocycles. The lowest BCUT2D eigenvalue weighted by atomic mass is 9.89. The average molecular weight is 566 g/mol. The van der Waals surface area contributed by atoms with E-state index in [1.54, 1.807) is 0 Å². The van der Waals surface area contributed by atoms with Gasteiger partial charge in [-0.15, -0.1) is 0 Å². The zero-order chi connectivity index (χ0) is 30.0. The first kappa shape index (κ1) is 32.6. The lowest BCUT2D eigenvalue weighted by Crippen LogP contribution is -2.24. The number of nitrogens with one attached hydrogen (secondary N) is 2. The summed E-state index contributed by atoms with van der Waals surface area (Å²) in [6.07, 6.45) is 4.03. The van der Waals surface area contributed by atoms with E-state index in [0.717, 1.165) is 80.2 Å². The number of benzene rings is 2. The number of ether oxygens (including phenoxy) is 2. The van der Waals surface area contributed by atoms with Crippen LogP contribution in [0.25, 0.3) is 21.8 Å². The summed E-state index contributed by atoms with van der Waals surface area (Å²) in [5, 5.41) is 8.55. The van der Waals surface area contributed by atoms with Gasteiger partial charge in [0.25, 0.3) is 0 Å². The van der Waals surface area contributed by atoms with E-state index in [0.29, 0.717) is 24.3 Å². The number of hydrogen-bond acceptors (Lipinski definition) is 6. The number of fused-ring (bicyclic) bond motifs is 3. The fourth-order valence-electron chi connectivity index (χ4n) is 5.27. The summed E-state index contributed by atoms with van der Waals surface area (Å²) < 4.78 is 13.7. The van der Waals surface area contributed by atoms with E-state index in [1.807, 2.05) is 36.4 Å². The Bertz CT molecular complexity index is 1210. The first-order chi connectivity index (χ1) is 19.5. The predicted molar refractivity (Wildman–Crippen MR) is 169 cm³/mol. The molecule has 0 aliphatic rings. The molecule has 0 fully saturated rings. The largest absolute Gasteiger partial charge is 0.462 e. The van der Waals surface area contributed by atoms with Gasteiger partial charge < -0.3 is 24.7 Å². The van der Waals surface area contributed by atoms with Crippen LogP contribution in [0.4, 0.5) is 0 Å². The molecule has 41 heavy (non-hydrogen) atoms. The van der Waals surface area contributed by atoms with E-state index >= 15 is 0 Å². The van der Waals surface area contributed by atoms with Gasteiger partial charge in [0.05, 0.1) is 24.3 Å². The van der Waals surface area contributed by atoms with Crippen LogP contribution in [-0.2, 0) is 16.0 Å². The maximum Gasteiger partial charge on any atom is 0.338 e. The minimum atomic E-state index is -0.323. The van der Waals surface area contributed by atoms with Gasteiger partial charge in [-0.1, -0.05) is 41.5 Å². The Morgan fingerprint density at radius 3 is 1.49 bits per heavy atom.